The number of hydrogen-bond acceptors (Lipinski definition) is 6. The summed E-state index contributed by atoms with van der Waals surface area (Å²) in [7, 11) is 0. The lowest BCUT2D eigenvalue weighted by atomic mass is 10.1. The van der Waals surface area contributed by atoms with Gasteiger partial charge in [-0.2, -0.15) is 0 Å². The Morgan fingerprint density at radius 2 is 0.581 bits per heavy atom. The van der Waals surface area contributed by atoms with Gasteiger partial charge in [0.15, 0.2) is 6.10 Å². The van der Waals surface area contributed by atoms with E-state index in [2.05, 4.69) is 69.4 Å². The van der Waals surface area contributed by atoms with E-state index in [1.54, 1.807) is 0 Å². The number of carbonyl (C=O) groups excluding carboxylic acids is 3. The molecule has 0 radical (unpaired) electrons. The predicted molar refractivity (Wildman–Crippen MR) is 265 cm³/mol. The van der Waals surface area contributed by atoms with Gasteiger partial charge in [0.05, 0.1) is 0 Å². The van der Waals surface area contributed by atoms with Crippen LogP contribution in [0.3, 0.4) is 0 Å². The highest BCUT2D eigenvalue weighted by atomic mass is 16.6. The molecule has 360 valence electrons. The van der Waals surface area contributed by atoms with Crippen molar-refractivity contribution < 1.29 is 28.6 Å². The van der Waals surface area contributed by atoms with Crippen LogP contribution < -0.4 is 0 Å². The van der Waals surface area contributed by atoms with Crippen molar-refractivity contribution in [1.29, 1.82) is 0 Å². The fourth-order valence-electron chi connectivity index (χ4n) is 7.46. The first-order valence-electron chi connectivity index (χ1n) is 26.6. The van der Waals surface area contributed by atoms with E-state index in [9.17, 15) is 14.4 Å². The fourth-order valence-corrected chi connectivity index (χ4v) is 7.46. The van der Waals surface area contributed by atoms with Gasteiger partial charge in [0.1, 0.15) is 13.2 Å². The van der Waals surface area contributed by atoms with Crippen LogP contribution in [0.1, 0.15) is 271 Å². The van der Waals surface area contributed by atoms with Gasteiger partial charge in [-0.05, 0) is 103 Å². The Bertz CT molecular complexity index is 1090. The van der Waals surface area contributed by atoms with E-state index < -0.39 is 6.10 Å². The molecule has 0 spiro atoms. The molecule has 0 saturated carbocycles. The Kier molecular flexibility index (Phi) is 48.8. The second kappa shape index (κ2) is 51.0. The minimum Gasteiger partial charge on any atom is -0.462 e. The van der Waals surface area contributed by atoms with E-state index in [1.807, 2.05) is 0 Å². The summed E-state index contributed by atoms with van der Waals surface area (Å²) in [5.41, 5.74) is 0. The van der Waals surface area contributed by atoms with E-state index in [1.165, 1.54) is 141 Å². The second-order valence-corrected chi connectivity index (χ2v) is 17.8. The number of hydrogen-bond donors (Lipinski definition) is 0. The standard InChI is InChI=1S/C56H100O6/c1-4-7-10-13-16-19-22-25-27-28-29-32-34-37-40-43-46-49-55(58)61-52-53(51-60-54(57)48-45-42-39-36-33-30-24-21-18-15-12-9-6-3)62-56(59)50-47-44-41-38-35-31-26-23-20-17-14-11-8-5-2/h16,19,21,23-27,53H,4-15,17-18,20,22,28-52H2,1-3H3/b19-16+,24-21+,26-23+,27-25+/t53-/m1/s1. The number of unbranched alkanes of at least 4 members (excludes halogenated alkanes) is 29. The van der Waals surface area contributed by atoms with Crippen molar-refractivity contribution in [2.75, 3.05) is 13.2 Å². The average Bonchev–Trinajstić information content (AvgIpc) is 3.27. The quantitative estimate of drug-likeness (QED) is 0.0262. The van der Waals surface area contributed by atoms with Crippen molar-refractivity contribution in [3.05, 3.63) is 48.6 Å². The van der Waals surface area contributed by atoms with Crippen LogP contribution in [0, 0.1) is 0 Å². The van der Waals surface area contributed by atoms with Gasteiger partial charge >= 0.3 is 17.9 Å². The first kappa shape index (κ1) is 59.4. The van der Waals surface area contributed by atoms with E-state index >= 15 is 0 Å². The Labute approximate surface area is 384 Å². The van der Waals surface area contributed by atoms with Gasteiger partial charge in [0, 0.05) is 19.3 Å². The van der Waals surface area contributed by atoms with Gasteiger partial charge in [0.2, 0.25) is 0 Å². The molecule has 0 N–H and O–H groups in total. The molecule has 0 aliphatic heterocycles. The van der Waals surface area contributed by atoms with Crippen LogP contribution in [0.25, 0.3) is 0 Å². The van der Waals surface area contributed by atoms with Gasteiger partial charge in [-0.1, -0.05) is 198 Å². The van der Waals surface area contributed by atoms with E-state index in [-0.39, 0.29) is 31.1 Å². The third-order valence-corrected chi connectivity index (χ3v) is 11.5. The van der Waals surface area contributed by atoms with Crippen LogP contribution in [-0.4, -0.2) is 37.2 Å². The molecule has 0 saturated heterocycles. The van der Waals surface area contributed by atoms with E-state index in [4.69, 9.17) is 14.2 Å². The highest BCUT2D eigenvalue weighted by molar-refractivity contribution is 5.71. The molecule has 0 fully saturated rings. The minimum atomic E-state index is -0.782. The summed E-state index contributed by atoms with van der Waals surface area (Å²) in [6.45, 7) is 6.58. The molecule has 1 atom stereocenters. The highest BCUT2D eigenvalue weighted by Crippen LogP contribution is 2.14. The number of esters is 3. The molecule has 62 heavy (non-hydrogen) atoms. The fraction of sp³-hybridized carbons (Fsp3) is 0.804. The molecule has 0 aromatic rings. The van der Waals surface area contributed by atoms with Crippen molar-refractivity contribution in [2.24, 2.45) is 0 Å². The van der Waals surface area contributed by atoms with Gasteiger partial charge in [-0.25, -0.2) is 0 Å². The third kappa shape index (κ3) is 48.4. The van der Waals surface area contributed by atoms with Crippen molar-refractivity contribution >= 4 is 17.9 Å². The average molecular weight is 869 g/mol. The predicted octanol–water partition coefficient (Wildman–Crippen LogP) is 17.5. The zero-order chi connectivity index (χ0) is 45.1. The summed E-state index contributed by atoms with van der Waals surface area (Å²) in [4.78, 5) is 38.0. The molecule has 0 amide bonds. The highest BCUT2D eigenvalue weighted by Gasteiger charge is 2.19. The van der Waals surface area contributed by atoms with Gasteiger partial charge < -0.3 is 14.2 Å². The van der Waals surface area contributed by atoms with Gasteiger partial charge in [0.25, 0.3) is 0 Å². The van der Waals surface area contributed by atoms with Crippen LogP contribution >= 0.6 is 0 Å². The molecule has 0 aliphatic rings. The number of rotatable bonds is 48. The molecule has 0 aliphatic carbocycles. The first-order chi connectivity index (χ1) is 30.5. The van der Waals surface area contributed by atoms with Crippen molar-refractivity contribution in [2.45, 2.75) is 277 Å². The van der Waals surface area contributed by atoms with E-state index in [0.29, 0.717) is 19.3 Å². The van der Waals surface area contributed by atoms with Crippen LogP contribution in [-0.2, 0) is 28.6 Å². The maximum Gasteiger partial charge on any atom is 0.306 e. The summed E-state index contributed by atoms with van der Waals surface area (Å²) < 4.78 is 16.8. The molecule has 0 heterocycles. The molecule has 0 aromatic carbocycles. The van der Waals surface area contributed by atoms with Gasteiger partial charge in [-0.15, -0.1) is 0 Å². The van der Waals surface area contributed by atoms with Crippen LogP contribution in [0.4, 0.5) is 0 Å². The van der Waals surface area contributed by atoms with Gasteiger partial charge in [-0.3, -0.25) is 14.4 Å². The Balaban J connectivity index is 4.39. The molecule has 6 heteroatoms. The van der Waals surface area contributed by atoms with Crippen molar-refractivity contribution in [1.82, 2.24) is 0 Å². The SMILES string of the molecule is CCCCC/C=C/C/C=C/CCCCCCCCCC(=O)OC[C@@H](COC(=O)CCCCCCC/C=C/CCCCCC)OC(=O)CCCCCCC/C=C/CCCCCCC. The normalized spacial score (nSPS) is 12.4. The summed E-state index contributed by atoms with van der Waals surface area (Å²) >= 11 is 0. The number of ether oxygens (including phenoxy) is 3. The Hall–Kier alpha value is -2.63. The number of carbonyl (C=O) groups is 3. The molecular formula is C56H100O6. The maximum atomic E-state index is 12.8. The lowest BCUT2D eigenvalue weighted by Gasteiger charge is -2.18. The smallest absolute Gasteiger partial charge is 0.306 e. The van der Waals surface area contributed by atoms with Crippen LogP contribution in [0.2, 0.25) is 0 Å². The third-order valence-electron chi connectivity index (χ3n) is 11.5. The summed E-state index contributed by atoms with van der Waals surface area (Å²) in [6, 6.07) is 0. The largest absolute Gasteiger partial charge is 0.462 e. The molecular weight excluding hydrogens is 769 g/mol. The van der Waals surface area contributed by atoms with Crippen molar-refractivity contribution in [3.63, 3.8) is 0 Å². The first-order valence-corrected chi connectivity index (χ1v) is 26.6. The number of allylic oxidation sites excluding steroid dienone is 8. The molecule has 0 rings (SSSR count). The molecule has 0 aromatic heterocycles. The zero-order valence-corrected chi connectivity index (χ0v) is 41.1. The monoisotopic (exact) mass is 869 g/mol. The lowest BCUT2D eigenvalue weighted by molar-refractivity contribution is -0.167. The topological polar surface area (TPSA) is 78.9 Å². The summed E-state index contributed by atoms with van der Waals surface area (Å²) in [6.07, 6.45) is 60.9. The van der Waals surface area contributed by atoms with Crippen LogP contribution in [0.5, 0.6) is 0 Å². The maximum absolute atomic E-state index is 12.8. The molecule has 0 bridgehead atoms. The lowest BCUT2D eigenvalue weighted by Crippen LogP contribution is -2.30. The summed E-state index contributed by atoms with van der Waals surface area (Å²) in [5, 5.41) is 0. The Morgan fingerprint density at radius 1 is 0.323 bits per heavy atom. The second-order valence-electron chi connectivity index (χ2n) is 17.8. The van der Waals surface area contributed by atoms with E-state index in [0.717, 1.165) is 89.9 Å². The van der Waals surface area contributed by atoms with Crippen molar-refractivity contribution in [3.8, 4) is 0 Å². The zero-order valence-electron chi connectivity index (χ0n) is 41.1. The summed E-state index contributed by atoms with van der Waals surface area (Å²) in [5.74, 6) is -0.900. The molecule has 6 nitrogen and oxygen atoms in total. The Morgan fingerprint density at radius 3 is 0.952 bits per heavy atom. The molecule has 0 unspecified atom stereocenters. The minimum absolute atomic E-state index is 0.0824. The van der Waals surface area contributed by atoms with Crippen LogP contribution in [0.15, 0.2) is 48.6 Å².